The zero-order valence-corrected chi connectivity index (χ0v) is 45.6. The van der Waals surface area contributed by atoms with Crippen LogP contribution in [0.25, 0.3) is 88.0 Å². The Hall–Kier alpha value is -4.27. The molecule has 2 nitrogen and oxygen atoms in total. The van der Waals surface area contributed by atoms with Crippen LogP contribution in [0.3, 0.4) is 0 Å². The topological polar surface area (TPSA) is 26.3 Å². The van der Waals surface area contributed by atoms with Gasteiger partial charge in [-0.1, -0.05) is 181 Å². The molecule has 0 spiro atoms. The molecule has 0 aliphatic heterocycles. The van der Waals surface area contributed by atoms with Crippen molar-refractivity contribution in [3.8, 4) is 44.9 Å². The molecule has 10 aromatic rings. The molecule has 64 heavy (non-hydrogen) atoms. The van der Waals surface area contributed by atoms with Gasteiger partial charge < -0.3 is 8.83 Å². The molecule has 0 unspecified atom stereocenters. The molecule has 2 heterocycles. The van der Waals surface area contributed by atoms with E-state index in [1.807, 2.05) is 12.5 Å². The molecular weight excluding hydrogens is 951 g/mol. The predicted octanol–water partition coefficient (Wildman–Crippen LogP) is 17.1. The van der Waals surface area contributed by atoms with Gasteiger partial charge in [0, 0.05) is 10.8 Å². The van der Waals surface area contributed by atoms with Gasteiger partial charge in [0.2, 0.25) is 0 Å². The van der Waals surface area contributed by atoms with Crippen LogP contribution in [0.1, 0.15) is 11.1 Å². The molecule has 0 atom stereocenters. The van der Waals surface area contributed by atoms with Crippen molar-refractivity contribution in [2.45, 2.75) is 66.2 Å². The maximum absolute atomic E-state index is 5.96. The van der Waals surface area contributed by atoms with E-state index in [0.29, 0.717) is 0 Å². The van der Waals surface area contributed by atoms with E-state index >= 15 is 0 Å². The third kappa shape index (κ3) is 9.80. The Kier molecular flexibility index (Phi) is 13.7. The van der Waals surface area contributed by atoms with Gasteiger partial charge in [-0.3, -0.25) is 0 Å². The van der Waals surface area contributed by atoms with E-state index in [0.717, 1.165) is 33.4 Å². The SMILES string of the molecule is C[Si](C)=[Zr]([Cl])[Cl].Cc1ccc2[cH-]c(-c3occ4ccccc34)cc2c1-c1ccc([Si](C)(C)C)cc1.Cc1ccc2[cH-]c(-c3occ4ccccc34)cc2c1-c1ccc([Si](C)(C)C)cc1. The van der Waals surface area contributed by atoms with E-state index in [9.17, 15) is 0 Å². The maximum Gasteiger partial charge on any atom is 0.0875 e. The van der Waals surface area contributed by atoms with E-state index in [4.69, 9.17) is 25.9 Å². The molecule has 0 bridgehead atoms. The average molecular weight is 1010 g/mol. The summed E-state index contributed by atoms with van der Waals surface area (Å²) in [5.41, 5.74) is 9.91. The van der Waals surface area contributed by atoms with Crippen LogP contribution in [0, 0.1) is 13.8 Å². The van der Waals surface area contributed by atoms with Crippen molar-refractivity contribution in [3.05, 3.63) is 169 Å². The monoisotopic (exact) mass is 1000 g/mol. The van der Waals surface area contributed by atoms with Crippen LogP contribution in [0.5, 0.6) is 0 Å². The van der Waals surface area contributed by atoms with E-state index < -0.39 is 34.1 Å². The summed E-state index contributed by atoms with van der Waals surface area (Å²) in [7, 11) is 8.65. The van der Waals surface area contributed by atoms with Gasteiger partial charge in [-0.05, 0) is 46.9 Å². The third-order valence-electron chi connectivity index (χ3n) is 12.2. The Bertz CT molecular complexity index is 3070. The second kappa shape index (κ2) is 18.9. The molecular formula is C56H56Cl2O2Si3Zr-2. The summed E-state index contributed by atoms with van der Waals surface area (Å²) in [5, 5.41) is 12.7. The van der Waals surface area contributed by atoms with Gasteiger partial charge in [-0.25, -0.2) is 0 Å². The zero-order valence-electron chi connectivity index (χ0n) is 38.6. The predicted molar refractivity (Wildman–Crippen MR) is 285 cm³/mol. The van der Waals surface area contributed by atoms with Crippen molar-refractivity contribution < 1.29 is 26.8 Å². The largest absolute Gasteiger partial charge is 0.498 e. The molecule has 0 fully saturated rings. The van der Waals surface area contributed by atoms with E-state index in [1.54, 1.807) is 0 Å². The molecule has 324 valence electrons. The quantitative estimate of drug-likeness (QED) is 0.123. The number of fused-ring (bicyclic) bond motifs is 4. The minimum absolute atomic E-state index is 0.224. The van der Waals surface area contributed by atoms with Gasteiger partial charge in [0.1, 0.15) is 0 Å². The van der Waals surface area contributed by atoms with Gasteiger partial charge >= 0.3 is 53.5 Å². The van der Waals surface area contributed by atoms with Crippen molar-refractivity contribution in [3.63, 3.8) is 0 Å². The molecule has 10 rings (SSSR count). The van der Waals surface area contributed by atoms with Crippen LogP contribution in [-0.2, 0) is 18.0 Å². The van der Waals surface area contributed by atoms with Gasteiger partial charge in [0.25, 0.3) is 0 Å². The molecule has 0 amide bonds. The Morgan fingerprint density at radius 1 is 0.484 bits per heavy atom. The first-order chi connectivity index (χ1) is 30.5. The van der Waals surface area contributed by atoms with Crippen LogP contribution in [0.15, 0.2) is 167 Å². The Morgan fingerprint density at radius 3 is 1.19 bits per heavy atom. The summed E-state index contributed by atoms with van der Waals surface area (Å²) < 4.78 is 11.9. The fourth-order valence-electron chi connectivity index (χ4n) is 8.52. The maximum atomic E-state index is 5.96. The van der Waals surface area contributed by atoms with Crippen LogP contribution in [0.2, 0.25) is 52.4 Å². The Morgan fingerprint density at radius 2 is 0.844 bits per heavy atom. The van der Waals surface area contributed by atoms with Crippen molar-refractivity contribution in [1.82, 2.24) is 0 Å². The van der Waals surface area contributed by atoms with Crippen molar-refractivity contribution in [1.29, 1.82) is 0 Å². The number of hydrogen-bond donors (Lipinski definition) is 0. The summed E-state index contributed by atoms with van der Waals surface area (Å²) in [4.78, 5) is 0. The second-order valence-electron chi connectivity index (χ2n) is 19.2. The minimum Gasteiger partial charge on any atom is -0.498 e. The van der Waals surface area contributed by atoms with Crippen LogP contribution >= 0.6 is 17.0 Å². The number of rotatable bonds is 6. The van der Waals surface area contributed by atoms with Gasteiger partial charge in [-0.2, -0.15) is 0 Å². The number of aryl methyl sites for hydroxylation is 2. The van der Waals surface area contributed by atoms with E-state index in [-0.39, 0.29) is 5.43 Å². The standard InChI is InChI=1S/2C27H25OSi.C2H6Si.2ClH.Zr/c2*1-18-9-10-20-15-22(27-24-8-6-5-7-21(24)17-28-27)16-25(20)26(18)19-11-13-23(14-12-19)29(2,3)4;1-3-2;;;/h2*5-17H,1-4H3;1-2H3;2*1H;/q2*-1;;;;+2/p-2. The average Bonchev–Trinajstić information content (AvgIpc) is 4.08. The molecule has 0 aliphatic carbocycles. The smallest absolute Gasteiger partial charge is 0.0875 e. The molecule has 0 saturated carbocycles. The van der Waals surface area contributed by atoms with Crippen molar-refractivity contribution in [2.24, 2.45) is 0 Å². The Labute approximate surface area is 395 Å². The molecule has 0 radical (unpaired) electrons. The number of halogens is 2. The second-order valence-corrected chi connectivity index (χ2v) is 52.4. The van der Waals surface area contributed by atoms with Crippen molar-refractivity contribution in [2.75, 3.05) is 0 Å². The van der Waals surface area contributed by atoms with Crippen LogP contribution in [-0.4, -0.2) is 21.6 Å². The van der Waals surface area contributed by atoms with Crippen molar-refractivity contribution >= 4 is 92.1 Å². The molecule has 0 saturated heterocycles. The Balaban J connectivity index is 0.000000156. The molecule has 0 aliphatic rings. The van der Waals surface area contributed by atoms with Gasteiger partial charge in [0.15, 0.2) is 0 Å². The first-order valence-corrected chi connectivity index (χ1v) is 41.5. The van der Waals surface area contributed by atoms with Crippen LogP contribution < -0.4 is 10.4 Å². The van der Waals surface area contributed by atoms with Gasteiger partial charge in [0.05, 0.1) is 40.2 Å². The number of furan rings is 2. The first kappa shape index (κ1) is 46.3. The summed E-state index contributed by atoms with van der Waals surface area (Å²) >= 11 is -1.65. The summed E-state index contributed by atoms with van der Waals surface area (Å²) in [6.45, 7) is 23.1. The minimum atomic E-state index is -1.65. The van der Waals surface area contributed by atoms with Crippen LogP contribution in [0.4, 0.5) is 0 Å². The normalized spacial score (nSPS) is 11.8. The van der Waals surface area contributed by atoms with Gasteiger partial charge in [-0.15, -0.1) is 57.9 Å². The molecule has 2 aromatic heterocycles. The molecule has 8 aromatic carbocycles. The number of hydrogen-bond acceptors (Lipinski definition) is 2. The fraction of sp³-hybridized carbons (Fsp3) is 0.179. The van der Waals surface area contributed by atoms with E-state index in [2.05, 4.69) is 212 Å². The third-order valence-corrected chi connectivity index (χ3v) is 36.1. The molecule has 0 N–H and O–H groups in total. The fourth-order valence-corrected chi connectivity index (χ4v) is 10.8. The molecule has 8 heteroatoms. The summed E-state index contributed by atoms with van der Waals surface area (Å²) in [5.74, 6) is 1.91. The van der Waals surface area contributed by atoms with E-state index in [1.165, 1.54) is 76.1 Å². The zero-order chi connectivity index (χ0) is 45.5. The number of benzene rings is 6. The first-order valence-electron chi connectivity index (χ1n) is 22.0. The summed E-state index contributed by atoms with van der Waals surface area (Å²) in [6.07, 6.45) is 3.70. The summed E-state index contributed by atoms with van der Waals surface area (Å²) in [6, 6.07) is 53.2.